The number of ether oxygens (including phenoxy) is 1. The van der Waals surface area contributed by atoms with Gasteiger partial charge in [0.15, 0.2) is 0 Å². The highest BCUT2D eigenvalue weighted by molar-refractivity contribution is 5.76. The van der Waals surface area contributed by atoms with E-state index in [4.69, 9.17) is 4.74 Å². The molecular weight excluding hydrogens is 683 g/mol. The second-order valence-electron chi connectivity index (χ2n) is 16.4. The fourth-order valence-electron chi connectivity index (χ4n) is 7.26. The first-order valence-corrected chi connectivity index (χ1v) is 24.1. The number of nitrogens with one attached hydrogen (secondary N) is 1. The summed E-state index contributed by atoms with van der Waals surface area (Å²) in [5, 5.41) is 23.1. The van der Waals surface area contributed by atoms with Gasteiger partial charge in [0.2, 0.25) is 5.91 Å². The van der Waals surface area contributed by atoms with Crippen molar-refractivity contribution in [1.82, 2.24) is 5.32 Å². The molecule has 0 saturated carbocycles. The molecule has 0 aliphatic carbocycles. The van der Waals surface area contributed by atoms with Crippen LogP contribution in [-0.2, 0) is 14.3 Å². The fraction of sp³-hybridized carbons (Fsp3) is 0.878. The number of hydrogen-bond acceptors (Lipinski definition) is 5. The van der Waals surface area contributed by atoms with E-state index in [0.717, 1.165) is 64.2 Å². The Labute approximate surface area is 341 Å². The second-order valence-corrected chi connectivity index (χ2v) is 16.4. The van der Waals surface area contributed by atoms with E-state index in [0.29, 0.717) is 25.9 Å². The summed E-state index contributed by atoms with van der Waals surface area (Å²) in [6, 6.07) is -0.550. The third-order valence-electron chi connectivity index (χ3n) is 11.0. The van der Waals surface area contributed by atoms with Crippen LogP contribution in [0.2, 0.25) is 0 Å². The lowest BCUT2D eigenvalue weighted by molar-refractivity contribution is -0.143. The topological polar surface area (TPSA) is 95.9 Å². The second kappa shape index (κ2) is 45.0. The molecule has 0 aliphatic rings. The van der Waals surface area contributed by atoms with E-state index in [-0.39, 0.29) is 18.5 Å². The van der Waals surface area contributed by atoms with E-state index in [1.807, 2.05) is 0 Å². The molecule has 0 aromatic rings. The Morgan fingerprint density at radius 3 is 1.45 bits per heavy atom. The average Bonchev–Trinajstić information content (AvgIpc) is 3.18. The summed E-state index contributed by atoms with van der Waals surface area (Å²) in [6.45, 7) is 4.84. The van der Waals surface area contributed by atoms with E-state index in [2.05, 4.69) is 43.5 Å². The van der Waals surface area contributed by atoms with Crippen LogP contribution in [0.5, 0.6) is 0 Å². The quantitative estimate of drug-likeness (QED) is 0.0325. The summed E-state index contributed by atoms with van der Waals surface area (Å²) in [4.78, 5) is 24.4. The maximum Gasteiger partial charge on any atom is 0.305 e. The molecule has 6 heteroatoms. The van der Waals surface area contributed by atoms with E-state index in [9.17, 15) is 19.8 Å². The summed E-state index contributed by atoms with van der Waals surface area (Å²) in [5.74, 6) is -0.0710. The molecule has 6 nitrogen and oxygen atoms in total. The maximum atomic E-state index is 12.4. The van der Waals surface area contributed by atoms with Crippen molar-refractivity contribution in [3.05, 3.63) is 24.3 Å². The molecular formula is C49H93NO5. The highest BCUT2D eigenvalue weighted by Gasteiger charge is 2.20. The predicted octanol–water partition coefficient (Wildman–Crippen LogP) is 14.0. The van der Waals surface area contributed by atoms with Gasteiger partial charge in [0.05, 0.1) is 25.4 Å². The molecule has 0 aromatic carbocycles. The molecule has 0 heterocycles. The molecule has 0 rings (SSSR count). The number of unbranched alkanes of at least 4 members (excludes halogenated alkanes) is 29. The SMILES string of the molecule is CCC/C=C\C/C=C\CCCCCCCC(=O)OCCCCCCCCCCCCCCCC(=O)NC(CO)C(O)CCCCCCCCCCCCCC. The number of esters is 1. The van der Waals surface area contributed by atoms with Crippen LogP contribution in [0, 0.1) is 0 Å². The van der Waals surface area contributed by atoms with Gasteiger partial charge in [-0.1, -0.05) is 212 Å². The lowest BCUT2D eigenvalue weighted by Crippen LogP contribution is -2.45. The van der Waals surface area contributed by atoms with Gasteiger partial charge in [0.25, 0.3) is 0 Å². The van der Waals surface area contributed by atoms with Crippen molar-refractivity contribution in [3.8, 4) is 0 Å². The lowest BCUT2D eigenvalue weighted by atomic mass is 10.0. The van der Waals surface area contributed by atoms with Crippen molar-refractivity contribution in [2.45, 2.75) is 264 Å². The third-order valence-corrected chi connectivity index (χ3v) is 11.0. The summed E-state index contributed by atoms with van der Waals surface area (Å²) in [6.07, 6.45) is 51.3. The highest BCUT2D eigenvalue weighted by Crippen LogP contribution is 2.16. The number of allylic oxidation sites excluding steroid dienone is 4. The number of hydrogen-bond donors (Lipinski definition) is 3. The first-order valence-electron chi connectivity index (χ1n) is 24.1. The molecule has 1 amide bonds. The molecule has 0 spiro atoms. The van der Waals surface area contributed by atoms with E-state index in [1.54, 1.807) is 0 Å². The van der Waals surface area contributed by atoms with Crippen LogP contribution in [-0.4, -0.2) is 47.4 Å². The number of carbonyl (C=O) groups excluding carboxylic acids is 2. The van der Waals surface area contributed by atoms with E-state index in [1.165, 1.54) is 154 Å². The Morgan fingerprint density at radius 2 is 0.945 bits per heavy atom. The maximum absolute atomic E-state index is 12.4. The van der Waals surface area contributed by atoms with Gasteiger partial charge in [-0.15, -0.1) is 0 Å². The normalized spacial score (nSPS) is 12.9. The van der Waals surface area contributed by atoms with Crippen molar-refractivity contribution >= 4 is 11.9 Å². The zero-order chi connectivity index (χ0) is 40.1. The fourth-order valence-corrected chi connectivity index (χ4v) is 7.26. The molecule has 2 unspecified atom stereocenters. The van der Waals surface area contributed by atoms with Gasteiger partial charge in [0, 0.05) is 12.8 Å². The van der Waals surface area contributed by atoms with Gasteiger partial charge < -0.3 is 20.3 Å². The zero-order valence-corrected chi connectivity index (χ0v) is 36.7. The number of carbonyl (C=O) groups is 2. The van der Waals surface area contributed by atoms with Crippen LogP contribution in [0.1, 0.15) is 251 Å². The Kier molecular flexibility index (Phi) is 43.7. The minimum absolute atomic E-state index is 0.0212. The van der Waals surface area contributed by atoms with Crippen LogP contribution in [0.4, 0.5) is 0 Å². The molecule has 0 aromatic heterocycles. The smallest absolute Gasteiger partial charge is 0.305 e. The van der Waals surface area contributed by atoms with Crippen molar-refractivity contribution in [2.75, 3.05) is 13.2 Å². The molecule has 0 saturated heterocycles. The Morgan fingerprint density at radius 1 is 0.509 bits per heavy atom. The van der Waals surface area contributed by atoms with Crippen molar-refractivity contribution in [3.63, 3.8) is 0 Å². The van der Waals surface area contributed by atoms with Crippen molar-refractivity contribution in [2.24, 2.45) is 0 Å². The van der Waals surface area contributed by atoms with E-state index < -0.39 is 12.1 Å². The minimum Gasteiger partial charge on any atom is -0.466 e. The largest absolute Gasteiger partial charge is 0.466 e. The Hall–Kier alpha value is -1.66. The average molecular weight is 776 g/mol. The van der Waals surface area contributed by atoms with Gasteiger partial charge >= 0.3 is 5.97 Å². The molecule has 3 N–H and O–H groups in total. The summed E-state index contributed by atoms with van der Waals surface area (Å²) in [7, 11) is 0. The van der Waals surface area contributed by atoms with Gasteiger partial charge in [-0.3, -0.25) is 9.59 Å². The van der Waals surface area contributed by atoms with Crippen molar-refractivity contribution < 1.29 is 24.5 Å². The summed E-state index contributed by atoms with van der Waals surface area (Å²) >= 11 is 0. The highest BCUT2D eigenvalue weighted by atomic mass is 16.5. The summed E-state index contributed by atoms with van der Waals surface area (Å²) < 4.78 is 5.44. The molecule has 0 aliphatic heterocycles. The van der Waals surface area contributed by atoms with Gasteiger partial charge in [-0.25, -0.2) is 0 Å². The molecule has 0 fully saturated rings. The van der Waals surface area contributed by atoms with E-state index >= 15 is 0 Å². The van der Waals surface area contributed by atoms with Crippen LogP contribution in [0.3, 0.4) is 0 Å². The lowest BCUT2D eigenvalue weighted by Gasteiger charge is -2.22. The predicted molar refractivity (Wildman–Crippen MR) is 236 cm³/mol. The van der Waals surface area contributed by atoms with Gasteiger partial charge in [0.1, 0.15) is 0 Å². The zero-order valence-electron chi connectivity index (χ0n) is 36.7. The molecule has 0 radical (unpaired) electrons. The monoisotopic (exact) mass is 776 g/mol. The number of aliphatic hydroxyl groups excluding tert-OH is 2. The number of rotatable bonds is 44. The molecule has 0 bridgehead atoms. The molecule has 55 heavy (non-hydrogen) atoms. The molecule has 324 valence electrons. The summed E-state index contributed by atoms with van der Waals surface area (Å²) in [5.41, 5.74) is 0. The first-order chi connectivity index (χ1) is 27.0. The van der Waals surface area contributed by atoms with Crippen LogP contribution in [0.15, 0.2) is 24.3 Å². The van der Waals surface area contributed by atoms with Crippen molar-refractivity contribution in [1.29, 1.82) is 0 Å². The van der Waals surface area contributed by atoms with Crippen LogP contribution < -0.4 is 5.32 Å². The van der Waals surface area contributed by atoms with Crippen LogP contribution >= 0.6 is 0 Å². The van der Waals surface area contributed by atoms with Gasteiger partial charge in [-0.05, 0) is 51.4 Å². The standard InChI is InChI=1S/C49H93NO5/c1-3-5-7-9-11-13-15-18-23-27-31-35-39-43-49(54)55-44-40-36-32-28-24-20-17-19-22-26-30-34-38-42-48(53)50-46(45-51)47(52)41-37-33-29-25-21-16-14-12-10-8-6-4-2/h7,9,13,15,46-47,51-52H,3-6,8,10-12,14,16-45H2,1-2H3,(H,50,53)/b9-7-,15-13-. The van der Waals surface area contributed by atoms with Gasteiger partial charge in [-0.2, -0.15) is 0 Å². The third kappa shape index (κ3) is 41.8. The number of aliphatic hydroxyl groups is 2. The first kappa shape index (κ1) is 53.3. The Bertz CT molecular complexity index is 858. The molecule has 2 atom stereocenters. The Balaban J connectivity index is 3.46. The minimum atomic E-state index is -0.672. The number of amides is 1. The van der Waals surface area contributed by atoms with Crippen LogP contribution in [0.25, 0.3) is 0 Å².